The molecular weight excluding hydrogens is 419 g/mol. The van der Waals surface area contributed by atoms with Crippen LogP contribution in [0.1, 0.15) is 60.0 Å². The number of furan rings is 1. The van der Waals surface area contributed by atoms with E-state index < -0.39 is 17.8 Å². The first-order valence-corrected chi connectivity index (χ1v) is 11.1. The molecule has 1 N–H and O–H groups in total. The molecule has 2 amide bonds. The van der Waals surface area contributed by atoms with E-state index in [4.69, 9.17) is 4.42 Å². The second-order valence-electron chi connectivity index (χ2n) is 7.58. The van der Waals surface area contributed by atoms with E-state index in [-0.39, 0.29) is 24.2 Å². The first-order valence-electron chi connectivity index (χ1n) is 10.3. The highest BCUT2D eigenvalue weighted by Crippen LogP contribution is 2.28. The lowest BCUT2D eigenvalue weighted by Gasteiger charge is -2.31. The predicted molar refractivity (Wildman–Crippen MR) is 113 cm³/mol. The zero-order chi connectivity index (χ0) is 21.6. The number of nitrogens with zero attached hydrogens (tertiary/aromatic N) is 3. The quantitative estimate of drug-likeness (QED) is 0.595. The number of amides is 2. The number of rotatable bonds is 7. The number of aromatic nitrogens is 2. The Morgan fingerprint density at radius 3 is 2.68 bits per heavy atom. The third-order valence-electron chi connectivity index (χ3n) is 5.46. The largest absolute Gasteiger partial charge is 0.467 e. The molecule has 2 aromatic heterocycles. The maximum atomic E-state index is 14.4. The topological polar surface area (TPSA) is 88.3 Å². The van der Waals surface area contributed by atoms with Crippen molar-refractivity contribution in [3.63, 3.8) is 0 Å². The standard InChI is InChI=1S/C22H23FN4O3S/c23-17-10-5-4-7-15(17)13-27(22(29)18-14-31-26-25-18)20(19-11-6-12-30-19)21(28)24-16-8-2-1-3-9-16/h4-7,10-12,14,16,20H,1-3,8-9,13H2,(H,24,28)/t20-/m1/s1. The van der Waals surface area contributed by atoms with Crippen LogP contribution in [0.15, 0.2) is 52.5 Å². The summed E-state index contributed by atoms with van der Waals surface area (Å²) in [5.41, 5.74) is 0.393. The van der Waals surface area contributed by atoms with Crippen molar-refractivity contribution in [1.82, 2.24) is 19.8 Å². The molecule has 3 aromatic rings. The van der Waals surface area contributed by atoms with Crippen LogP contribution in [0.2, 0.25) is 0 Å². The number of carbonyl (C=O) groups excluding carboxylic acids is 2. The van der Waals surface area contributed by atoms with Crippen LogP contribution in [0.25, 0.3) is 0 Å². The molecule has 9 heteroatoms. The summed E-state index contributed by atoms with van der Waals surface area (Å²) in [5, 5.41) is 8.44. The summed E-state index contributed by atoms with van der Waals surface area (Å²) in [6.45, 7) is -0.119. The predicted octanol–water partition coefficient (Wildman–Crippen LogP) is 4.10. The van der Waals surface area contributed by atoms with Crippen molar-refractivity contribution in [2.45, 2.75) is 50.7 Å². The number of benzene rings is 1. The van der Waals surface area contributed by atoms with E-state index >= 15 is 0 Å². The van der Waals surface area contributed by atoms with Gasteiger partial charge in [-0.15, -0.1) is 5.10 Å². The monoisotopic (exact) mass is 442 g/mol. The average Bonchev–Trinajstić information content (AvgIpc) is 3.50. The number of nitrogens with one attached hydrogen (secondary N) is 1. The Balaban J connectivity index is 1.69. The number of carbonyl (C=O) groups is 2. The molecule has 0 bridgehead atoms. The van der Waals surface area contributed by atoms with Crippen LogP contribution in [-0.2, 0) is 11.3 Å². The van der Waals surface area contributed by atoms with Gasteiger partial charge in [-0.05, 0) is 42.6 Å². The first-order chi connectivity index (χ1) is 15.1. The van der Waals surface area contributed by atoms with E-state index in [1.54, 1.807) is 30.3 Å². The molecule has 0 aliphatic heterocycles. The Morgan fingerprint density at radius 2 is 2.00 bits per heavy atom. The molecule has 0 spiro atoms. The SMILES string of the molecule is O=C(NC1CCCCC1)[C@@H](c1ccco1)N(Cc1ccccc1F)C(=O)c1csnn1. The molecule has 162 valence electrons. The van der Waals surface area contributed by atoms with Gasteiger partial charge < -0.3 is 14.6 Å². The van der Waals surface area contributed by atoms with Gasteiger partial charge >= 0.3 is 0 Å². The lowest BCUT2D eigenvalue weighted by molar-refractivity contribution is -0.127. The van der Waals surface area contributed by atoms with Crippen molar-refractivity contribution < 1.29 is 18.4 Å². The van der Waals surface area contributed by atoms with Crippen molar-refractivity contribution in [3.05, 3.63) is 70.9 Å². The molecule has 0 saturated heterocycles. The van der Waals surface area contributed by atoms with Crippen molar-refractivity contribution in [2.24, 2.45) is 0 Å². The van der Waals surface area contributed by atoms with Gasteiger partial charge in [0.05, 0.1) is 12.8 Å². The molecule has 1 aromatic carbocycles. The Morgan fingerprint density at radius 1 is 1.19 bits per heavy atom. The minimum Gasteiger partial charge on any atom is -0.467 e. The zero-order valence-electron chi connectivity index (χ0n) is 16.9. The third kappa shape index (κ3) is 4.99. The average molecular weight is 443 g/mol. The summed E-state index contributed by atoms with van der Waals surface area (Å²) in [4.78, 5) is 28.0. The molecule has 1 atom stereocenters. The van der Waals surface area contributed by atoms with Crippen LogP contribution in [0.4, 0.5) is 4.39 Å². The Bertz CT molecular complexity index is 1000. The van der Waals surface area contributed by atoms with E-state index in [0.29, 0.717) is 11.3 Å². The Kier molecular flexibility index (Phi) is 6.71. The number of halogens is 1. The van der Waals surface area contributed by atoms with Crippen molar-refractivity contribution >= 4 is 23.3 Å². The molecule has 1 saturated carbocycles. The summed E-state index contributed by atoms with van der Waals surface area (Å²) >= 11 is 1.03. The summed E-state index contributed by atoms with van der Waals surface area (Å²) in [7, 11) is 0. The van der Waals surface area contributed by atoms with Crippen molar-refractivity contribution in [3.8, 4) is 0 Å². The molecule has 1 aliphatic carbocycles. The van der Waals surface area contributed by atoms with Gasteiger partial charge in [0.25, 0.3) is 11.8 Å². The normalized spacial score (nSPS) is 15.4. The zero-order valence-corrected chi connectivity index (χ0v) is 17.7. The second-order valence-corrected chi connectivity index (χ2v) is 8.19. The Hall–Kier alpha value is -3.07. The molecule has 0 radical (unpaired) electrons. The fourth-order valence-corrected chi connectivity index (χ4v) is 4.32. The van der Waals surface area contributed by atoms with Gasteiger partial charge in [0.15, 0.2) is 11.7 Å². The van der Waals surface area contributed by atoms with Crippen LogP contribution in [-0.4, -0.2) is 32.3 Å². The summed E-state index contributed by atoms with van der Waals surface area (Å²) in [6.07, 6.45) is 6.51. The van der Waals surface area contributed by atoms with Gasteiger partial charge in [-0.2, -0.15) is 0 Å². The van der Waals surface area contributed by atoms with E-state index in [1.165, 1.54) is 22.6 Å². The van der Waals surface area contributed by atoms with Gasteiger partial charge in [0.2, 0.25) is 0 Å². The Labute approximate surface area is 183 Å². The summed E-state index contributed by atoms with van der Waals surface area (Å²) in [5.74, 6) is -1.02. The van der Waals surface area contributed by atoms with E-state index in [9.17, 15) is 14.0 Å². The van der Waals surface area contributed by atoms with Gasteiger partial charge in [-0.3, -0.25) is 9.59 Å². The van der Waals surface area contributed by atoms with Gasteiger partial charge in [0.1, 0.15) is 11.6 Å². The first kappa shape index (κ1) is 21.2. The summed E-state index contributed by atoms with van der Waals surface area (Å²) in [6, 6.07) is 8.47. The minimum atomic E-state index is -1.06. The smallest absolute Gasteiger partial charge is 0.276 e. The maximum absolute atomic E-state index is 14.4. The molecule has 7 nitrogen and oxygen atoms in total. The lowest BCUT2D eigenvalue weighted by atomic mass is 9.95. The lowest BCUT2D eigenvalue weighted by Crippen LogP contribution is -2.47. The fourth-order valence-electron chi connectivity index (χ4n) is 3.89. The van der Waals surface area contributed by atoms with Crippen LogP contribution in [0, 0.1) is 5.82 Å². The molecule has 31 heavy (non-hydrogen) atoms. The number of hydrogen-bond acceptors (Lipinski definition) is 6. The number of hydrogen-bond donors (Lipinski definition) is 1. The molecule has 1 aliphatic rings. The van der Waals surface area contributed by atoms with E-state index in [2.05, 4.69) is 14.9 Å². The molecular formula is C22H23FN4O3S. The van der Waals surface area contributed by atoms with Gasteiger partial charge in [0, 0.05) is 17.0 Å². The van der Waals surface area contributed by atoms with Crippen LogP contribution in [0.5, 0.6) is 0 Å². The highest BCUT2D eigenvalue weighted by atomic mass is 32.1. The van der Waals surface area contributed by atoms with E-state index in [1.807, 2.05) is 0 Å². The second kappa shape index (κ2) is 9.82. The van der Waals surface area contributed by atoms with E-state index in [0.717, 1.165) is 43.6 Å². The molecule has 1 fully saturated rings. The van der Waals surface area contributed by atoms with Crippen molar-refractivity contribution in [2.75, 3.05) is 0 Å². The minimum absolute atomic E-state index is 0.0464. The maximum Gasteiger partial charge on any atom is 0.276 e. The van der Waals surface area contributed by atoms with Crippen molar-refractivity contribution in [1.29, 1.82) is 0 Å². The highest BCUT2D eigenvalue weighted by molar-refractivity contribution is 7.03. The van der Waals surface area contributed by atoms with Crippen LogP contribution < -0.4 is 5.32 Å². The third-order valence-corrected chi connectivity index (χ3v) is 5.97. The van der Waals surface area contributed by atoms with Gasteiger partial charge in [-0.25, -0.2) is 4.39 Å². The fraction of sp³-hybridized carbons (Fsp3) is 0.364. The van der Waals surface area contributed by atoms with Crippen LogP contribution in [0.3, 0.4) is 0 Å². The van der Waals surface area contributed by atoms with Crippen LogP contribution >= 0.6 is 11.5 Å². The molecule has 0 unspecified atom stereocenters. The molecule has 4 rings (SSSR count). The molecule has 2 heterocycles. The summed E-state index contributed by atoms with van der Waals surface area (Å²) < 4.78 is 23.7. The highest BCUT2D eigenvalue weighted by Gasteiger charge is 2.36. The van der Waals surface area contributed by atoms with Gasteiger partial charge in [-0.1, -0.05) is 41.9 Å².